The summed E-state index contributed by atoms with van der Waals surface area (Å²) in [5.74, 6) is 0. The molecule has 4 heteroatoms. The van der Waals surface area contributed by atoms with Crippen LogP contribution < -0.4 is 30.0 Å². The molecule has 0 spiro atoms. The van der Waals surface area contributed by atoms with Crippen LogP contribution in [0.2, 0.25) is 0 Å². The van der Waals surface area contributed by atoms with Crippen molar-refractivity contribution in [3.8, 4) is 0 Å². The third-order valence-corrected chi connectivity index (χ3v) is 23.8. The van der Waals surface area contributed by atoms with Gasteiger partial charge in [0.1, 0.15) is 0 Å². The molecule has 0 aliphatic heterocycles. The van der Waals surface area contributed by atoms with Gasteiger partial charge in [-0.2, -0.15) is 0 Å². The first-order valence-electron chi connectivity index (χ1n) is 9.89. The molecule has 1 aromatic carbocycles. The van der Waals surface area contributed by atoms with Crippen LogP contribution in [0.5, 0.6) is 0 Å². The van der Waals surface area contributed by atoms with Crippen LogP contribution in [0.4, 0.5) is 0 Å². The number of halogens is 2. The predicted molar refractivity (Wildman–Crippen MR) is 111 cm³/mol. The smallest absolute Gasteiger partial charge is 1.00 e. The number of rotatable bonds is 7. The zero-order valence-electron chi connectivity index (χ0n) is 17.0. The Morgan fingerprint density at radius 3 is 2.22 bits per heavy atom. The second kappa shape index (κ2) is 11.8. The third-order valence-electron chi connectivity index (χ3n) is 5.83. The molecular formula is C23H31Cl2SiZr. The normalized spacial score (nSPS) is 16.1. The van der Waals surface area contributed by atoms with Crippen LogP contribution in [-0.4, -0.2) is 6.65 Å². The van der Waals surface area contributed by atoms with Crippen molar-refractivity contribution in [2.75, 3.05) is 0 Å². The Balaban J connectivity index is 0.00000182. The van der Waals surface area contributed by atoms with Crippen molar-refractivity contribution < 1.29 is 45.7 Å². The minimum atomic E-state index is -1.71. The maximum Gasteiger partial charge on any atom is -1.00 e. The van der Waals surface area contributed by atoms with Crippen LogP contribution >= 0.6 is 0 Å². The van der Waals surface area contributed by atoms with Gasteiger partial charge >= 0.3 is 164 Å². The predicted octanol–water partition coefficient (Wildman–Crippen LogP) is -0.641. The zero-order valence-corrected chi connectivity index (χ0v) is 22.4. The van der Waals surface area contributed by atoms with E-state index < -0.39 is 20.9 Å². The largest absolute Gasteiger partial charge is 1.00 e. The molecule has 0 radical (unpaired) electrons. The number of allylic oxidation sites excluding steroid dienone is 8. The molecule has 145 valence electrons. The molecule has 0 fully saturated rings. The molecule has 0 amide bonds. The average Bonchev–Trinajstić information content (AvgIpc) is 3.28. The molecule has 0 bridgehead atoms. The molecular weight excluding hydrogens is 466 g/mol. The van der Waals surface area contributed by atoms with Gasteiger partial charge in [-0.05, 0) is 0 Å². The fourth-order valence-electron chi connectivity index (χ4n) is 4.42. The van der Waals surface area contributed by atoms with E-state index in [1.165, 1.54) is 37.7 Å². The zero-order chi connectivity index (χ0) is 17.8. The Hall–Kier alpha value is -0.140. The monoisotopic (exact) mass is 495 g/mol. The van der Waals surface area contributed by atoms with Gasteiger partial charge in [0.05, 0.1) is 0 Å². The topological polar surface area (TPSA) is 0 Å². The van der Waals surface area contributed by atoms with Crippen molar-refractivity contribution in [2.24, 2.45) is 0 Å². The Kier molecular flexibility index (Phi) is 10.8. The van der Waals surface area contributed by atoms with Crippen LogP contribution in [0.25, 0.3) is 0 Å². The summed E-state index contributed by atoms with van der Waals surface area (Å²) in [5, 5.41) is 1.73. The summed E-state index contributed by atoms with van der Waals surface area (Å²) >= 11 is -1.71. The number of benzene rings is 1. The fourth-order valence-corrected chi connectivity index (χ4v) is 23.8. The van der Waals surface area contributed by atoms with Gasteiger partial charge in [0.15, 0.2) is 0 Å². The molecule has 2 aliphatic rings. The van der Waals surface area contributed by atoms with Crippen molar-refractivity contribution in [3.63, 3.8) is 0 Å². The molecule has 27 heavy (non-hydrogen) atoms. The maximum atomic E-state index is 2.50. The van der Waals surface area contributed by atoms with E-state index in [0.29, 0.717) is 0 Å². The van der Waals surface area contributed by atoms with Crippen molar-refractivity contribution >= 4 is 11.8 Å². The van der Waals surface area contributed by atoms with Gasteiger partial charge in [0, 0.05) is 0 Å². The molecule has 0 nitrogen and oxygen atoms in total. The van der Waals surface area contributed by atoms with E-state index in [1.54, 1.807) is 21.9 Å². The number of aryl methyl sites for hydroxylation is 1. The van der Waals surface area contributed by atoms with Gasteiger partial charge in [0.25, 0.3) is 0 Å². The van der Waals surface area contributed by atoms with E-state index in [2.05, 4.69) is 70.2 Å². The first-order chi connectivity index (χ1) is 12.2. The standard InChI is InChI=1S/C11H17.C7H9Si.C5H5.2ClH.Zr/c1-4-9-7-8-10(5-2)11(9)6-3;1-6-4-2-3-5-7(6)8;1-2-4-5-3-1;;;/h4-7H2,1-3H3;2-5H,8H2,1H3;1-3H,4H2;2*1H;/q;;;;;+2/p-2. The summed E-state index contributed by atoms with van der Waals surface area (Å²) in [6, 6.07) is 9.21. The van der Waals surface area contributed by atoms with E-state index in [0.717, 1.165) is 0 Å². The van der Waals surface area contributed by atoms with Crippen molar-refractivity contribution in [1.82, 2.24) is 0 Å². The SMILES string of the molecule is CCC1=C(CC)C(CC)=[C]([Zr+2]([SiH2]c2ccccc2C)[C]2=CC=CC2)C1.[Cl-].[Cl-]. The summed E-state index contributed by atoms with van der Waals surface area (Å²) in [6.45, 7) is 9.25. The second-order valence-corrected chi connectivity index (χ2v) is 20.5. The Morgan fingerprint density at radius 2 is 1.67 bits per heavy atom. The Bertz CT molecular complexity index is 774. The quantitative estimate of drug-likeness (QED) is 0.440. The van der Waals surface area contributed by atoms with Crippen LogP contribution in [-0.2, 0) is 20.9 Å². The average molecular weight is 498 g/mol. The van der Waals surface area contributed by atoms with Crippen LogP contribution in [0.1, 0.15) is 58.4 Å². The van der Waals surface area contributed by atoms with Crippen LogP contribution in [0.15, 0.2) is 65.8 Å². The number of hydrogen-bond acceptors (Lipinski definition) is 0. The van der Waals surface area contributed by atoms with E-state index in [4.69, 9.17) is 0 Å². The molecule has 3 rings (SSSR count). The minimum absolute atomic E-state index is 0. The van der Waals surface area contributed by atoms with Gasteiger partial charge in [-0.25, -0.2) is 0 Å². The molecule has 0 heterocycles. The van der Waals surface area contributed by atoms with E-state index in [9.17, 15) is 0 Å². The molecule has 2 aliphatic carbocycles. The molecule has 0 atom stereocenters. The molecule has 1 aromatic rings. The summed E-state index contributed by atoms with van der Waals surface area (Å²) in [5.41, 5.74) is 6.83. The maximum absolute atomic E-state index is 2.50. The fraction of sp³-hybridized carbons (Fsp3) is 0.391. The van der Waals surface area contributed by atoms with Gasteiger partial charge in [-0.1, -0.05) is 0 Å². The summed E-state index contributed by atoms with van der Waals surface area (Å²) in [7, 11) is 0. The van der Waals surface area contributed by atoms with Gasteiger partial charge in [-0.15, -0.1) is 0 Å². The van der Waals surface area contributed by atoms with Crippen molar-refractivity contribution in [1.29, 1.82) is 0 Å². The minimum Gasteiger partial charge on any atom is -1.00 e. The molecule has 0 N–H and O–H groups in total. The molecule has 0 saturated heterocycles. The van der Waals surface area contributed by atoms with Gasteiger partial charge < -0.3 is 24.8 Å². The molecule has 0 saturated carbocycles. The molecule has 0 aromatic heterocycles. The van der Waals surface area contributed by atoms with Crippen LogP contribution in [0.3, 0.4) is 0 Å². The first-order valence-corrected chi connectivity index (χ1v) is 19.0. The van der Waals surface area contributed by atoms with Crippen LogP contribution in [0, 0.1) is 6.92 Å². The summed E-state index contributed by atoms with van der Waals surface area (Å²) in [4.78, 5) is 0. The second-order valence-electron chi connectivity index (χ2n) is 7.18. The van der Waals surface area contributed by atoms with Gasteiger partial charge in [0.2, 0.25) is 0 Å². The van der Waals surface area contributed by atoms with E-state index in [1.807, 2.05) is 6.56 Å². The third kappa shape index (κ3) is 5.47. The Morgan fingerprint density at radius 1 is 0.963 bits per heavy atom. The number of hydrogen-bond donors (Lipinski definition) is 0. The van der Waals surface area contributed by atoms with Crippen molar-refractivity contribution in [3.05, 3.63) is 71.3 Å². The van der Waals surface area contributed by atoms with Gasteiger partial charge in [-0.3, -0.25) is 0 Å². The Labute approximate surface area is 187 Å². The summed E-state index contributed by atoms with van der Waals surface area (Å²) < 4.78 is 3.84. The summed E-state index contributed by atoms with van der Waals surface area (Å²) in [6.07, 6.45) is 13.5. The van der Waals surface area contributed by atoms with E-state index in [-0.39, 0.29) is 31.5 Å². The molecule has 0 unspecified atom stereocenters. The van der Waals surface area contributed by atoms with E-state index >= 15 is 0 Å². The first kappa shape index (κ1) is 24.9. The van der Waals surface area contributed by atoms with Crippen molar-refractivity contribution in [2.45, 2.75) is 59.8 Å².